The number of carbonyl (C=O) groups is 1. The van der Waals surface area contributed by atoms with Crippen LogP contribution in [0, 0.1) is 11.8 Å². The van der Waals surface area contributed by atoms with E-state index < -0.39 is 0 Å². The monoisotopic (exact) mass is 198 g/mol. The predicted octanol–water partition coefficient (Wildman–Crippen LogP) is 1.23. The minimum atomic E-state index is 0.0942. The second-order valence-corrected chi connectivity index (χ2v) is 4.98. The van der Waals surface area contributed by atoms with Gasteiger partial charge in [0, 0.05) is 25.6 Å². The summed E-state index contributed by atoms with van der Waals surface area (Å²) < 4.78 is 0. The summed E-state index contributed by atoms with van der Waals surface area (Å²) in [4.78, 5) is 13.5. The van der Waals surface area contributed by atoms with E-state index in [1.807, 2.05) is 11.8 Å². The lowest BCUT2D eigenvalue weighted by atomic mass is 9.96. The van der Waals surface area contributed by atoms with Crippen molar-refractivity contribution < 1.29 is 4.79 Å². The molecule has 2 atom stereocenters. The summed E-state index contributed by atoms with van der Waals surface area (Å²) in [5.74, 6) is 1.53. The number of nitrogens with two attached hydrogens (primary N) is 1. The fourth-order valence-electron chi connectivity index (χ4n) is 2.20. The van der Waals surface area contributed by atoms with Gasteiger partial charge in [0.25, 0.3) is 0 Å². The summed E-state index contributed by atoms with van der Waals surface area (Å²) in [5.41, 5.74) is 5.69. The summed E-state index contributed by atoms with van der Waals surface area (Å²) in [7, 11) is 0. The van der Waals surface area contributed by atoms with Crippen molar-refractivity contribution >= 4 is 5.91 Å². The number of rotatable bonds is 4. The molecule has 0 bridgehead atoms. The Labute approximate surface area is 86.6 Å². The van der Waals surface area contributed by atoms with Crippen LogP contribution in [0.2, 0.25) is 0 Å². The van der Waals surface area contributed by atoms with Gasteiger partial charge >= 0.3 is 0 Å². The smallest absolute Gasteiger partial charge is 0.222 e. The molecule has 1 fully saturated rings. The molecule has 82 valence electrons. The van der Waals surface area contributed by atoms with Crippen LogP contribution in [0.5, 0.6) is 0 Å². The second-order valence-electron chi connectivity index (χ2n) is 4.98. The Morgan fingerprint density at radius 1 is 1.50 bits per heavy atom. The topological polar surface area (TPSA) is 46.3 Å². The molecule has 1 heterocycles. The molecule has 0 aromatic heterocycles. The van der Waals surface area contributed by atoms with Crippen molar-refractivity contribution in [3.8, 4) is 0 Å². The lowest BCUT2D eigenvalue weighted by Gasteiger charge is -2.19. The van der Waals surface area contributed by atoms with Crippen molar-refractivity contribution in [3.05, 3.63) is 0 Å². The number of amides is 1. The molecule has 2 N–H and O–H groups in total. The molecule has 0 aromatic rings. The summed E-state index contributed by atoms with van der Waals surface area (Å²) in [5, 5.41) is 0. The Bertz CT molecular complexity index is 201. The first kappa shape index (κ1) is 11.5. The maximum Gasteiger partial charge on any atom is 0.222 e. The van der Waals surface area contributed by atoms with E-state index in [0.29, 0.717) is 18.4 Å². The zero-order valence-electron chi connectivity index (χ0n) is 9.49. The summed E-state index contributed by atoms with van der Waals surface area (Å²) in [6, 6.07) is 0.0942. The zero-order valence-corrected chi connectivity index (χ0v) is 9.49. The first-order valence-corrected chi connectivity index (χ1v) is 5.52. The van der Waals surface area contributed by atoms with Gasteiger partial charge in [-0.1, -0.05) is 13.8 Å². The van der Waals surface area contributed by atoms with Crippen LogP contribution in [0.15, 0.2) is 0 Å². The van der Waals surface area contributed by atoms with Crippen LogP contribution in [-0.4, -0.2) is 29.9 Å². The Morgan fingerprint density at radius 3 is 2.64 bits per heavy atom. The molecule has 0 aromatic carbocycles. The van der Waals surface area contributed by atoms with E-state index in [9.17, 15) is 4.79 Å². The molecule has 1 aliphatic rings. The van der Waals surface area contributed by atoms with Crippen LogP contribution in [0.3, 0.4) is 0 Å². The van der Waals surface area contributed by atoms with Gasteiger partial charge in [0.15, 0.2) is 0 Å². The zero-order chi connectivity index (χ0) is 10.7. The number of nitrogens with zero attached hydrogens (tertiary/aromatic N) is 1. The van der Waals surface area contributed by atoms with E-state index in [0.717, 1.165) is 19.4 Å². The normalized spacial score (nSPS) is 24.8. The van der Waals surface area contributed by atoms with Gasteiger partial charge in [-0.05, 0) is 25.2 Å². The predicted molar refractivity (Wildman–Crippen MR) is 57.8 cm³/mol. The molecule has 2 unspecified atom stereocenters. The summed E-state index contributed by atoms with van der Waals surface area (Å²) in [6.07, 6.45) is 1.88. The fourth-order valence-corrected chi connectivity index (χ4v) is 2.20. The first-order valence-electron chi connectivity index (χ1n) is 5.52. The third kappa shape index (κ3) is 3.29. The van der Waals surface area contributed by atoms with Crippen LogP contribution < -0.4 is 5.73 Å². The number of carbonyl (C=O) groups excluding carboxylic acids is 1. The highest BCUT2D eigenvalue weighted by molar-refractivity contribution is 5.78. The first-order chi connectivity index (χ1) is 6.49. The van der Waals surface area contributed by atoms with Gasteiger partial charge in [-0.15, -0.1) is 0 Å². The van der Waals surface area contributed by atoms with Crippen molar-refractivity contribution in [1.29, 1.82) is 0 Å². The third-order valence-corrected chi connectivity index (χ3v) is 2.61. The molecule has 1 rings (SSSR count). The molecule has 1 amide bonds. The molecular weight excluding hydrogens is 176 g/mol. The molecule has 14 heavy (non-hydrogen) atoms. The lowest BCUT2D eigenvalue weighted by Crippen LogP contribution is -2.36. The van der Waals surface area contributed by atoms with E-state index in [1.165, 1.54) is 0 Å². The molecule has 0 spiro atoms. The minimum Gasteiger partial charge on any atom is -0.341 e. The van der Waals surface area contributed by atoms with E-state index in [2.05, 4.69) is 13.8 Å². The molecule has 3 nitrogen and oxygen atoms in total. The highest BCUT2D eigenvalue weighted by Gasteiger charge is 2.29. The quantitative estimate of drug-likeness (QED) is 0.738. The van der Waals surface area contributed by atoms with E-state index >= 15 is 0 Å². The summed E-state index contributed by atoms with van der Waals surface area (Å²) >= 11 is 0. The molecule has 0 radical (unpaired) electrons. The summed E-state index contributed by atoms with van der Waals surface area (Å²) in [6.45, 7) is 7.99. The van der Waals surface area contributed by atoms with Gasteiger partial charge in [0.1, 0.15) is 0 Å². The van der Waals surface area contributed by atoms with Gasteiger partial charge in [-0.25, -0.2) is 0 Å². The van der Waals surface area contributed by atoms with Crippen molar-refractivity contribution in [1.82, 2.24) is 4.90 Å². The highest BCUT2D eigenvalue weighted by Crippen LogP contribution is 2.24. The number of likely N-dealkylation sites (tertiary alicyclic amines) is 1. The van der Waals surface area contributed by atoms with Crippen molar-refractivity contribution in [2.75, 3.05) is 13.1 Å². The average molecular weight is 198 g/mol. The van der Waals surface area contributed by atoms with Crippen LogP contribution in [-0.2, 0) is 4.79 Å². The highest BCUT2D eigenvalue weighted by atomic mass is 16.2. The maximum absolute atomic E-state index is 11.6. The Balaban J connectivity index is 2.39. The van der Waals surface area contributed by atoms with Crippen molar-refractivity contribution in [2.24, 2.45) is 17.6 Å². The molecule has 3 heteroatoms. The van der Waals surface area contributed by atoms with Crippen molar-refractivity contribution in [3.63, 3.8) is 0 Å². The number of hydrogen-bond donors (Lipinski definition) is 1. The van der Waals surface area contributed by atoms with Crippen LogP contribution in [0.1, 0.15) is 33.6 Å². The van der Waals surface area contributed by atoms with Gasteiger partial charge in [0.2, 0.25) is 5.91 Å². The van der Waals surface area contributed by atoms with Crippen LogP contribution in [0.4, 0.5) is 0 Å². The minimum absolute atomic E-state index is 0.0942. The standard InChI is InChI=1S/C11H22N2O/c1-8(2)4-10-5-11(14)13(7-10)6-9(3)12/h8-10H,4-7,12H2,1-3H3. The van der Waals surface area contributed by atoms with Gasteiger partial charge in [-0.3, -0.25) is 4.79 Å². The van der Waals surface area contributed by atoms with E-state index in [4.69, 9.17) is 5.73 Å². The van der Waals surface area contributed by atoms with Gasteiger partial charge < -0.3 is 10.6 Å². The molecule has 1 saturated heterocycles. The Kier molecular flexibility index (Phi) is 3.93. The van der Waals surface area contributed by atoms with Crippen LogP contribution in [0.25, 0.3) is 0 Å². The largest absolute Gasteiger partial charge is 0.341 e. The third-order valence-electron chi connectivity index (χ3n) is 2.61. The van der Waals surface area contributed by atoms with E-state index in [1.54, 1.807) is 0 Å². The molecule has 1 aliphatic heterocycles. The maximum atomic E-state index is 11.6. The fraction of sp³-hybridized carbons (Fsp3) is 0.909. The van der Waals surface area contributed by atoms with E-state index in [-0.39, 0.29) is 11.9 Å². The van der Waals surface area contributed by atoms with Gasteiger partial charge in [-0.2, -0.15) is 0 Å². The van der Waals surface area contributed by atoms with Crippen LogP contribution >= 0.6 is 0 Å². The SMILES string of the molecule is CC(C)CC1CC(=O)N(CC(C)N)C1. The molecule has 0 saturated carbocycles. The second kappa shape index (κ2) is 4.78. The molecular formula is C11H22N2O. The Hall–Kier alpha value is -0.570. The Morgan fingerprint density at radius 2 is 2.14 bits per heavy atom. The molecule has 0 aliphatic carbocycles. The average Bonchev–Trinajstić information content (AvgIpc) is 2.28. The number of hydrogen-bond acceptors (Lipinski definition) is 2. The lowest BCUT2D eigenvalue weighted by molar-refractivity contribution is -0.127. The van der Waals surface area contributed by atoms with Crippen molar-refractivity contribution in [2.45, 2.75) is 39.7 Å². The van der Waals surface area contributed by atoms with Gasteiger partial charge in [0.05, 0.1) is 0 Å².